The molecule has 0 saturated heterocycles. The van der Waals surface area contributed by atoms with E-state index in [0.717, 1.165) is 0 Å². The number of hydrogen-bond donors (Lipinski definition) is 3. The molecular weight excluding hydrogens is 208 g/mol. The molecule has 0 aliphatic heterocycles. The first kappa shape index (κ1) is 11.8. The van der Waals surface area contributed by atoms with Gasteiger partial charge in [0.1, 0.15) is 5.84 Å². The molecule has 1 aromatic carbocycles. The van der Waals surface area contributed by atoms with Crippen molar-refractivity contribution in [2.24, 2.45) is 16.6 Å². The summed E-state index contributed by atoms with van der Waals surface area (Å²) >= 11 is 0. The van der Waals surface area contributed by atoms with Gasteiger partial charge in [-0.3, -0.25) is 4.90 Å². The molecule has 0 bridgehead atoms. The van der Waals surface area contributed by atoms with Gasteiger partial charge in [0.15, 0.2) is 0 Å². The highest BCUT2D eigenvalue weighted by Gasteiger charge is 2.11. The highest BCUT2D eigenvalue weighted by molar-refractivity contribution is 5.91. The van der Waals surface area contributed by atoms with Crippen LogP contribution in [0.4, 0.5) is 10.5 Å². The molecule has 0 aliphatic rings. The van der Waals surface area contributed by atoms with E-state index in [4.69, 9.17) is 16.7 Å². The summed E-state index contributed by atoms with van der Waals surface area (Å²) in [5.74, 6) is 0.0576. The molecule has 6 nitrogen and oxygen atoms in total. The van der Waals surface area contributed by atoms with Crippen LogP contribution < -0.4 is 16.4 Å². The lowest BCUT2D eigenvalue weighted by atomic mass is 10.2. The highest BCUT2D eigenvalue weighted by atomic mass is 16.4. The van der Waals surface area contributed by atoms with Crippen molar-refractivity contribution in [1.29, 1.82) is 0 Å². The molecule has 86 valence electrons. The molecule has 0 aliphatic carbocycles. The Labute approximate surface area is 93.1 Å². The van der Waals surface area contributed by atoms with Gasteiger partial charge in [-0.1, -0.05) is 23.4 Å². The second kappa shape index (κ2) is 5.59. The minimum atomic E-state index is -0.572. The average molecular weight is 222 g/mol. The molecule has 1 rings (SSSR count). The van der Waals surface area contributed by atoms with E-state index in [1.54, 1.807) is 24.3 Å². The van der Waals surface area contributed by atoms with Crippen LogP contribution in [0.25, 0.3) is 0 Å². The summed E-state index contributed by atoms with van der Waals surface area (Å²) in [6, 6.07) is 8.39. The molecule has 0 unspecified atom stereocenters. The summed E-state index contributed by atoms with van der Waals surface area (Å²) in [6.07, 6.45) is 0.258. The number of carbonyl (C=O) groups excluding carboxylic acids is 1. The first-order valence-corrected chi connectivity index (χ1v) is 4.73. The van der Waals surface area contributed by atoms with Gasteiger partial charge < -0.3 is 16.7 Å². The molecule has 0 aromatic heterocycles. The molecule has 5 N–H and O–H groups in total. The summed E-state index contributed by atoms with van der Waals surface area (Å²) in [7, 11) is 0. The van der Waals surface area contributed by atoms with Gasteiger partial charge in [-0.2, -0.15) is 0 Å². The van der Waals surface area contributed by atoms with Crippen LogP contribution in [0, 0.1) is 0 Å². The van der Waals surface area contributed by atoms with Crippen molar-refractivity contribution >= 4 is 17.6 Å². The molecule has 0 heterocycles. The lowest BCUT2D eigenvalue weighted by molar-refractivity contribution is 0.254. The van der Waals surface area contributed by atoms with Crippen molar-refractivity contribution in [3.8, 4) is 0 Å². The fraction of sp³-hybridized carbons (Fsp3) is 0.200. The van der Waals surface area contributed by atoms with Gasteiger partial charge in [0, 0.05) is 18.7 Å². The van der Waals surface area contributed by atoms with E-state index >= 15 is 0 Å². The van der Waals surface area contributed by atoms with Crippen molar-refractivity contribution in [2.75, 3.05) is 11.4 Å². The third-order valence-electron chi connectivity index (χ3n) is 2.05. The van der Waals surface area contributed by atoms with Crippen LogP contribution in [0.15, 0.2) is 35.5 Å². The van der Waals surface area contributed by atoms with Gasteiger partial charge in [0.05, 0.1) is 0 Å². The van der Waals surface area contributed by atoms with Crippen LogP contribution >= 0.6 is 0 Å². The van der Waals surface area contributed by atoms with Gasteiger partial charge in [-0.25, -0.2) is 4.79 Å². The molecule has 0 fully saturated rings. The maximum atomic E-state index is 11.2. The molecule has 0 atom stereocenters. The number of oxime groups is 1. The Kier molecular flexibility index (Phi) is 4.14. The van der Waals surface area contributed by atoms with Crippen LogP contribution in [-0.4, -0.2) is 23.6 Å². The quantitative estimate of drug-likeness (QED) is 0.302. The number of primary amides is 1. The van der Waals surface area contributed by atoms with Gasteiger partial charge >= 0.3 is 6.03 Å². The smallest absolute Gasteiger partial charge is 0.319 e. The predicted molar refractivity (Wildman–Crippen MR) is 61.4 cm³/mol. The lowest BCUT2D eigenvalue weighted by Gasteiger charge is -2.19. The van der Waals surface area contributed by atoms with Gasteiger partial charge in [-0.15, -0.1) is 0 Å². The summed E-state index contributed by atoms with van der Waals surface area (Å²) in [6.45, 7) is 0.273. The fourth-order valence-electron chi connectivity index (χ4n) is 1.25. The van der Waals surface area contributed by atoms with Crippen LogP contribution in [0.3, 0.4) is 0 Å². The molecule has 1 aromatic rings. The van der Waals surface area contributed by atoms with Gasteiger partial charge in [-0.05, 0) is 12.1 Å². The van der Waals surface area contributed by atoms with E-state index in [1.165, 1.54) is 4.90 Å². The lowest BCUT2D eigenvalue weighted by Crippen LogP contribution is -2.38. The Balaban J connectivity index is 2.73. The molecule has 0 radical (unpaired) electrons. The zero-order chi connectivity index (χ0) is 12.0. The van der Waals surface area contributed by atoms with Crippen molar-refractivity contribution in [3.05, 3.63) is 30.3 Å². The Morgan fingerprint density at radius 2 is 1.94 bits per heavy atom. The first-order chi connectivity index (χ1) is 7.65. The van der Waals surface area contributed by atoms with E-state index in [2.05, 4.69) is 5.16 Å². The largest absolute Gasteiger partial charge is 0.409 e. The van der Waals surface area contributed by atoms with E-state index < -0.39 is 6.03 Å². The minimum absolute atomic E-state index is 0.0576. The van der Waals surface area contributed by atoms with Crippen molar-refractivity contribution < 1.29 is 10.0 Å². The van der Waals surface area contributed by atoms with Crippen molar-refractivity contribution in [3.63, 3.8) is 0 Å². The molecular formula is C10H14N4O2. The topological polar surface area (TPSA) is 105 Å². The van der Waals surface area contributed by atoms with E-state index in [-0.39, 0.29) is 18.8 Å². The standard InChI is InChI=1S/C10H14N4O2/c11-9(13-16)6-7-14(10(12)15)8-4-2-1-3-5-8/h1-5,16H,6-7H2,(H2,11,13)(H2,12,15). The summed E-state index contributed by atoms with van der Waals surface area (Å²) in [5.41, 5.74) is 11.2. The third-order valence-corrected chi connectivity index (χ3v) is 2.05. The number of urea groups is 1. The van der Waals surface area contributed by atoms with Crippen LogP contribution in [0.2, 0.25) is 0 Å². The maximum Gasteiger partial charge on any atom is 0.319 e. The summed E-state index contributed by atoms with van der Waals surface area (Å²) in [4.78, 5) is 12.6. The SMILES string of the molecule is NC(=O)N(CC/C(N)=N/O)c1ccccc1. The number of carbonyl (C=O) groups is 1. The summed E-state index contributed by atoms with van der Waals surface area (Å²) in [5, 5.41) is 11.2. The van der Waals surface area contributed by atoms with E-state index in [9.17, 15) is 4.79 Å². The number of para-hydroxylation sites is 1. The predicted octanol–water partition coefficient (Wildman–Crippen LogP) is 0.708. The van der Waals surface area contributed by atoms with Crippen LogP contribution in [-0.2, 0) is 0 Å². The number of benzene rings is 1. The minimum Gasteiger partial charge on any atom is -0.409 e. The molecule has 6 heteroatoms. The van der Waals surface area contributed by atoms with Crippen LogP contribution in [0.5, 0.6) is 0 Å². The van der Waals surface area contributed by atoms with Gasteiger partial charge in [0.2, 0.25) is 0 Å². The Morgan fingerprint density at radius 1 is 1.31 bits per heavy atom. The number of amides is 2. The molecule has 16 heavy (non-hydrogen) atoms. The number of hydrogen-bond acceptors (Lipinski definition) is 3. The first-order valence-electron chi connectivity index (χ1n) is 4.73. The maximum absolute atomic E-state index is 11.2. The zero-order valence-electron chi connectivity index (χ0n) is 8.71. The van der Waals surface area contributed by atoms with Crippen LogP contribution in [0.1, 0.15) is 6.42 Å². The zero-order valence-corrected chi connectivity index (χ0v) is 8.71. The molecule has 2 amide bonds. The number of anilines is 1. The second-order valence-corrected chi connectivity index (χ2v) is 3.17. The monoisotopic (exact) mass is 222 g/mol. The number of nitrogens with zero attached hydrogens (tertiary/aromatic N) is 2. The van der Waals surface area contributed by atoms with E-state index in [1.807, 2.05) is 6.07 Å². The number of nitrogens with two attached hydrogens (primary N) is 2. The summed E-state index contributed by atoms with van der Waals surface area (Å²) < 4.78 is 0. The number of amidine groups is 1. The average Bonchev–Trinajstić information content (AvgIpc) is 2.30. The number of rotatable bonds is 4. The Bertz CT molecular complexity index is 378. The van der Waals surface area contributed by atoms with E-state index in [0.29, 0.717) is 5.69 Å². The Hall–Kier alpha value is -2.24. The Morgan fingerprint density at radius 3 is 2.44 bits per heavy atom. The highest BCUT2D eigenvalue weighted by Crippen LogP contribution is 2.12. The fourth-order valence-corrected chi connectivity index (χ4v) is 1.25. The van der Waals surface area contributed by atoms with Gasteiger partial charge in [0.25, 0.3) is 0 Å². The molecule has 0 spiro atoms. The molecule has 0 saturated carbocycles. The van der Waals surface area contributed by atoms with Crippen molar-refractivity contribution in [1.82, 2.24) is 0 Å². The third kappa shape index (κ3) is 3.16. The normalized spacial score (nSPS) is 11.1. The van der Waals surface area contributed by atoms with Crippen molar-refractivity contribution in [2.45, 2.75) is 6.42 Å². The second-order valence-electron chi connectivity index (χ2n) is 3.17.